The van der Waals surface area contributed by atoms with E-state index in [4.69, 9.17) is 14.7 Å². The van der Waals surface area contributed by atoms with E-state index >= 15 is 0 Å². The normalized spacial score (nSPS) is 11.4. The monoisotopic (exact) mass is 189 g/mol. The van der Waals surface area contributed by atoms with Crippen LogP contribution in [0.3, 0.4) is 0 Å². The third kappa shape index (κ3) is 4.44. The van der Waals surface area contributed by atoms with Gasteiger partial charge in [0, 0.05) is 0 Å². The Hall–Kier alpha value is 0.620. The largest absolute Gasteiger partial charge is 0.344 e. The van der Waals surface area contributed by atoms with Crippen LogP contribution in [-0.2, 0) is 10.1 Å². The minimum atomic E-state index is -3.50. The molecule has 0 spiro atoms. The minimum Gasteiger partial charge on any atom is -0.344 e. The molecule has 0 saturated carbocycles. The Morgan fingerprint density at radius 1 is 1.10 bits per heavy atom. The van der Waals surface area contributed by atoms with Crippen molar-refractivity contribution in [3.63, 3.8) is 0 Å². The second-order valence-electron chi connectivity index (χ2n) is 1.55. The van der Waals surface area contributed by atoms with E-state index in [1.54, 1.807) is 0 Å². The zero-order valence-electron chi connectivity index (χ0n) is 6.32. The second-order valence-corrected chi connectivity index (χ2v) is 7.68. The van der Waals surface area contributed by atoms with Gasteiger partial charge in [-0.15, -0.1) is 10.1 Å². The molecular weight excluding hydrogens is 173 g/mol. The van der Waals surface area contributed by atoms with Crippen molar-refractivity contribution < 1.29 is 14.7 Å². The first-order chi connectivity index (χ1) is 4.02. The van der Waals surface area contributed by atoms with Crippen molar-refractivity contribution in [2.45, 2.75) is 13.8 Å². The number of hydrogen-bond donors (Lipinski definition) is 4. The molecule has 4 nitrogen and oxygen atoms in total. The summed E-state index contributed by atoms with van der Waals surface area (Å²) in [5.74, 6) is 1.29. The maximum Gasteiger partial charge on any atom is 0.277 e. The van der Waals surface area contributed by atoms with Crippen LogP contribution in [0.1, 0.15) is 13.8 Å². The topological polar surface area (TPSA) is 95.7 Å². The van der Waals surface area contributed by atoms with Gasteiger partial charge in [-0.2, -0.15) is 0 Å². The molecule has 0 fully saturated rings. The van der Waals surface area contributed by atoms with Crippen molar-refractivity contribution in [2.75, 3.05) is 11.5 Å². The van der Waals surface area contributed by atoms with Crippen LogP contribution in [0.15, 0.2) is 0 Å². The fourth-order valence-electron chi connectivity index (χ4n) is 0.551. The van der Waals surface area contributed by atoms with Gasteiger partial charge < -0.3 is 20.8 Å². The van der Waals surface area contributed by atoms with Crippen LogP contribution in [0, 0.1) is 0 Å². The van der Waals surface area contributed by atoms with Gasteiger partial charge in [0.2, 0.25) is 0 Å². The number of rotatable bonds is 2. The molecule has 0 aromatic heterocycles. The standard InChI is InChI=1S/C4H13O3PS.H3N/c1-3-9(4-2)8(5,6)7;/h5-7H,3-4H2,1-2H3;1H3. The quantitative estimate of drug-likeness (QED) is 0.474. The molecule has 0 heterocycles. The van der Waals surface area contributed by atoms with Crippen molar-refractivity contribution in [2.24, 2.45) is 0 Å². The molecule has 66 valence electrons. The molecule has 0 amide bonds. The Morgan fingerprint density at radius 2 is 1.40 bits per heavy atom. The van der Waals surface area contributed by atoms with Crippen molar-refractivity contribution in [3.8, 4) is 0 Å². The Bertz CT molecular complexity index is 129. The summed E-state index contributed by atoms with van der Waals surface area (Å²) in [5, 5.41) is 0. The van der Waals surface area contributed by atoms with Gasteiger partial charge in [-0.3, -0.25) is 0 Å². The summed E-state index contributed by atoms with van der Waals surface area (Å²) in [5.41, 5.74) is 0. The highest BCUT2D eigenvalue weighted by Gasteiger charge is 2.07. The fourth-order valence-corrected chi connectivity index (χ4v) is 3.73. The fraction of sp³-hybridized carbons (Fsp3) is 1.00. The zero-order valence-corrected chi connectivity index (χ0v) is 8.03. The lowest BCUT2D eigenvalue weighted by Crippen LogP contribution is -1.99. The summed E-state index contributed by atoms with van der Waals surface area (Å²) in [6.07, 6.45) is 0. The van der Waals surface area contributed by atoms with E-state index in [1.807, 2.05) is 13.8 Å². The Kier molecular flexibility index (Phi) is 7.00. The Labute approximate surface area is 63.7 Å². The van der Waals surface area contributed by atoms with Crippen LogP contribution in [0.5, 0.6) is 0 Å². The van der Waals surface area contributed by atoms with Crippen LogP contribution < -0.4 is 6.15 Å². The van der Waals surface area contributed by atoms with Gasteiger partial charge in [-0.1, -0.05) is 13.8 Å². The van der Waals surface area contributed by atoms with E-state index < -0.39 is 16.8 Å². The van der Waals surface area contributed by atoms with Crippen molar-refractivity contribution in [3.05, 3.63) is 0 Å². The molecule has 6 heteroatoms. The van der Waals surface area contributed by atoms with Crippen LogP contribution in [0.4, 0.5) is 0 Å². The highest BCUT2D eigenvalue weighted by atomic mass is 32.5. The van der Waals surface area contributed by atoms with E-state index in [2.05, 4.69) is 0 Å². The van der Waals surface area contributed by atoms with Crippen LogP contribution in [-0.4, -0.2) is 26.2 Å². The maximum atomic E-state index is 8.71. The average Bonchev–Trinajstić information content (AvgIpc) is 1.65. The molecule has 0 rings (SSSR count). The highest BCUT2D eigenvalue weighted by molar-refractivity contribution is 8.27. The lowest BCUT2D eigenvalue weighted by molar-refractivity contribution is 0.362. The van der Waals surface area contributed by atoms with E-state index in [9.17, 15) is 0 Å². The highest BCUT2D eigenvalue weighted by Crippen LogP contribution is 2.36. The first kappa shape index (κ1) is 13.2. The van der Waals surface area contributed by atoms with Crippen molar-refractivity contribution in [1.29, 1.82) is 0 Å². The third-order valence-corrected chi connectivity index (χ3v) is 6.67. The zero-order chi connectivity index (χ0) is 7.49. The molecule has 0 aromatic carbocycles. The summed E-state index contributed by atoms with van der Waals surface area (Å²) >= 11 is 0. The number of hydrogen-bond acceptors (Lipinski definition) is 1. The van der Waals surface area contributed by atoms with E-state index in [-0.39, 0.29) is 6.15 Å². The van der Waals surface area contributed by atoms with E-state index in [0.717, 1.165) is 0 Å². The van der Waals surface area contributed by atoms with Gasteiger partial charge in [0.25, 0.3) is 6.72 Å². The summed E-state index contributed by atoms with van der Waals surface area (Å²) in [4.78, 5) is 26.1. The van der Waals surface area contributed by atoms with Gasteiger partial charge in [0.15, 0.2) is 0 Å². The smallest absolute Gasteiger partial charge is 0.277 e. The molecule has 0 aliphatic carbocycles. The summed E-state index contributed by atoms with van der Waals surface area (Å²) in [6, 6.07) is 0. The van der Waals surface area contributed by atoms with Gasteiger partial charge in [0.05, 0.1) is 0 Å². The second kappa shape index (κ2) is 5.29. The maximum absolute atomic E-state index is 8.71. The van der Waals surface area contributed by atoms with Crippen molar-refractivity contribution in [1.82, 2.24) is 6.15 Å². The molecule has 0 unspecified atom stereocenters. The van der Waals surface area contributed by atoms with E-state index in [1.165, 1.54) is 0 Å². The predicted molar refractivity (Wildman–Crippen MR) is 47.0 cm³/mol. The lowest BCUT2D eigenvalue weighted by Gasteiger charge is -2.10. The predicted octanol–water partition coefficient (Wildman–Crippen LogP) is 0.461. The van der Waals surface area contributed by atoms with Gasteiger partial charge in [-0.05, 0) is 11.5 Å². The summed E-state index contributed by atoms with van der Waals surface area (Å²) in [7, 11) is -0.578. The van der Waals surface area contributed by atoms with Crippen LogP contribution in [0.25, 0.3) is 0 Å². The van der Waals surface area contributed by atoms with Crippen LogP contribution in [0.2, 0.25) is 0 Å². The summed E-state index contributed by atoms with van der Waals surface area (Å²) in [6.45, 7) is 0.177. The van der Waals surface area contributed by atoms with Gasteiger partial charge in [0.1, 0.15) is 0 Å². The Morgan fingerprint density at radius 3 is 1.40 bits per heavy atom. The summed E-state index contributed by atoms with van der Waals surface area (Å²) < 4.78 is 0. The van der Waals surface area contributed by atoms with Crippen LogP contribution >= 0.6 is 6.72 Å². The van der Waals surface area contributed by atoms with E-state index in [0.29, 0.717) is 11.5 Å². The molecule has 0 aromatic rings. The first-order valence-electron chi connectivity index (χ1n) is 2.77. The average molecular weight is 189 g/mol. The van der Waals surface area contributed by atoms with Crippen molar-refractivity contribution >= 4 is 16.8 Å². The van der Waals surface area contributed by atoms with Gasteiger partial charge in [-0.25, -0.2) is 0 Å². The first-order valence-corrected chi connectivity index (χ1v) is 6.59. The molecule has 6 N–H and O–H groups in total. The SMILES string of the molecule is CCS(CC)=P(O)(O)O.N. The molecule has 0 saturated heterocycles. The third-order valence-electron chi connectivity index (χ3n) is 1.01. The molecule has 0 aliphatic rings. The molecule has 10 heavy (non-hydrogen) atoms. The molecule has 0 aliphatic heterocycles. The van der Waals surface area contributed by atoms with Gasteiger partial charge >= 0.3 is 0 Å². The molecular formula is C4H16NO3PS. The molecule has 0 bridgehead atoms. The lowest BCUT2D eigenvalue weighted by atomic mass is 11.0. The minimum absolute atomic E-state index is 0. The molecule has 0 atom stereocenters. The Balaban J connectivity index is 0. The molecule has 0 radical (unpaired) electrons.